The molecule has 0 amide bonds. The van der Waals surface area contributed by atoms with E-state index < -0.39 is 11.9 Å². The van der Waals surface area contributed by atoms with Crippen LogP contribution in [0.1, 0.15) is 11.1 Å². The molecule has 1 atom stereocenters. The van der Waals surface area contributed by atoms with Crippen LogP contribution >= 0.6 is 0 Å². The summed E-state index contributed by atoms with van der Waals surface area (Å²) in [6.07, 6.45) is 5.44. The third kappa shape index (κ3) is 4.39. The van der Waals surface area contributed by atoms with E-state index in [0.717, 1.165) is 18.6 Å². The number of aromatic nitrogens is 1. The fourth-order valence-corrected chi connectivity index (χ4v) is 2.98. The predicted molar refractivity (Wildman–Crippen MR) is 94.1 cm³/mol. The number of nitrogens with one attached hydrogen (secondary N) is 1. The number of aliphatic carboxylic acids is 2. The molecule has 1 heterocycles. The van der Waals surface area contributed by atoms with E-state index in [9.17, 15) is 9.59 Å². The summed E-state index contributed by atoms with van der Waals surface area (Å²) in [7, 11) is 6.05. The van der Waals surface area contributed by atoms with Gasteiger partial charge < -0.3 is 24.8 Å². The second-order valence-corrected chi connectivity index (χ2v) is 6.02. The van der Waals surface area contributed by atoms with E-state index in [1.165, 1.54) is 22.0 Å². The SMILES string of the molecule is COc1ccc2[nH]cc3c2c1CC(N(C)C)C3.O=C(O)/C=C\C(=O)O. The Morgan fingerprint density at radius 3 is 2.36 bits per heavy atom. The molecular formula is C18H22N2O5. The summed E-state index contributed by atoms with van der Waals surface area (Å²) in [6.45, 7) is 0. The minimum absolute atomic E-state index is 0.558. The van der Waals surface area contributed by atoms with Crippen molar-refractivity contribution in [2.75, 3.05) is 21.2 Å². The minimum atomic E-state index is -1.26. The first-order valence-corrected chi connectivity index (χ1v) is 7.79. The van der Waals surface area contributed by atoms with Crippen LogP contribution in [0.5, 0.6) is 5.75 Å². The van der Waals surface area contributed by atoms with Gasteiger partial charge in [0.05, 0.1) is 7.11 Å². The van der Waals surface area contributed by atoms with Gasteiger partial charge in [-0.05, 0) is 44.6 Å². The van der Waals surface area contributed by atoms with E-state index in [1.807, 2.05) is 0 Å². The third-order valence-electron chi connectivity index (χ3n) is 4.21. The number of hydrogen-bond donors (Lipinski definition) is 3. The molecule has 1 unspecified atom stereocenters. The summed E-state index contributed by atoms with van der Waals surface area (Å²) in [5, 5.41) is 17.0. The van der Waals surface area contributed by atoms with Gasteiger partial charge in [-0.25, -0.2) is 9.59 Å². The summed E-state index contributed by atoms with van der Waals surface area (Å²) >= 11 is 0. The summed E-state index contributed by atoms with van der Waals surface area (Å²) in [5.74, 6) is -1.50. The number of carboxylic acid groups (broad SMARTS) is 2. The number of hydrogen-bond acceptors (Lipinski definition) is 4. The summed E-state index contributed by atoms with van der Waals surface area (Å²) in [5.41, 5.74) is 4.00. The first-order valence-electron chi connectivity index (χ1n) is 7.79. The highest BCUT2D eigenvalue weighted by Gasteiger charge is 2.25. The normalized spacial score (nSPS) is 15.9. The van der Waals surface area contributed by atoms with Crippen LogP contribution in [-0.2, 0) is 22.4 Å². The number of carbonyl (C=O) groups is 2. The van der Waals surface area contributed by atoms with Gasteiger partial charge in [0.25, 0.3) is 0 Å². The Labute approximate surface area is 145 Å². The van der Waals surface area contributed by atoms with Crippen LogP contribution in [0, 0.1) is 0 Å². The molecule has 3 N–H and O–H groups in total. The van der Waals surface area contributed by atoms with Crippen molar-refractivity contribution < 1.29 is 24.5 Å². The van der Waals surface area contributed by atoms with E-state index in [2.05, 4.69) is 42.3 Å². The smallest absolute Gasteiger partial charge is 0.328 e. The number of rotatable bonds is 4. The van der Waals surface area contributed by atoms with Gasteiger partial charge in [0.15, 0.2) is 0 Å². The molecule has 1 aromatic carbocycles. The predicted octanol–water partition coefficient (Wildman–Crippen LogP) is 1.92. The Kier molecular flexibility index (Phi) is 5.82. The van der Waals surface area contributed by atoms with E-state index in [4.69, 9.17) is 14.9 Å². The molecule has 134 valence electrons. The summed E-state index contributed by atoms with van der Waals surface area (Å²) in [4.78, 5) is 24.8. The molecule has 1 aliphatic carbocycles. The number of H-pyrrole nitrogens is 1. The van der Waals surface area contributed by atoms with Crippen molar-refractivity contribution in [3.8, 4) is 5.75 Å². The van der Waals surface area contributed by atoms with Crippen molar-refractivity contribution in [1.82, 2.24) is 9.88 Å². The average molecular weight is 346 g/mol. The molecule has 1 aliphatic rings. The van der Waals surface area contributed by atoms with Crippen LogP contribution in [0.15, 0.2) is 30.5 Å². The minimum Gasteiger partial charge on any atom is -0.496 e. The first-order chi connectivity index (χ1) is 11.8. The lowest BCUT2D eigenvalue weighted by Crippen LogP contribution is -2.34. The van der Waals surface area contributed by atoms with E-state index in [-0.39, 0.29) is 0 Å². The van der Waals surface area contributed by atoms with Gasteiger partial charge in [0.1, 0.15) is 5.75 Å². The first kappa shape index (κ1) is 18.5. The highest BCUT2D eigenvalue weighted by atomic mass is 16.5. The Balaban J connectivity index is 0.000000242. The fraction of sp³-hybridized carbons (Fsp3) is 0.333. The second-order valence-electron chi connectivity index (χ2n) is 6.02. The zero-order chi connectivity index (χ0) is 18.6. The number of nitrogens with zero attached hydrogens (tertiary/aromatic N) is 1. The molecule has 0 radical (unpaired) electrons. The molecule has 0 saturated heterocycles. The van der Waals surface area contributed by atoms with Gasteiger partial charge in [-0.3, -0.25) is 0 Å². The number of benzene rings is 1. The fourth-order valence-electron chi connectivity index (χ4n) is 2.98. The third-order valence-corrected chi connectivity index (χ3v) is 4.21. The van der Waals surface area contributed by atoms with Crippen molar-refractivity contribution >= 4 is 22.8 Å². The van der Waals surface area contributed by atoms with Gasteiger partial charge in [0, 0.05) is 40.9 Å². The molecule has 3 rings (SSSR count). The monoisotopic (exact) mass is 346 g/mol. The molecule has 7 heteroatoms. The molecule has 2 aromatic rings. The van der Waals surface area contributed by atoms with E-state index >= 15 is 0 Å². The maximum Gasteiger partial charge on any atom is 0.328 e. The number of ether oxygens (including phenoxy) is 1. The number of aromatic amines is 1. The van der Waals surface area contributed by atoms with Crippen LogP contribution in [0.4, 0.5) is 0 Å². The largest absolute Gasteiger partial charge is 0.496 e. The Bertz CT molecular complexity index is 791. The van der Waals surface area contributed by atoms with Crippen LogP contribution in [0.2, 0.25) is 0 Å². The zero-order valence-corrected chi connectivity index (χ0v) is 14.4. The van der Waals surface area contributed by atoms with Gasteiger partial charge in [0.2, 0.25) is 0 Å². The summed E-state index contributed by atoms with van der Waals surface area (Å²) in [6, 6.07) is 4.74. The Hall–Kier alpha value is -2.80. The van der Waals surface area contributed by atoms with Crippen molar-refractivity contribution in [2.24, 2.45) is 0 Å². The van der Waals surface area contributed by atoms with Gasteiger partial charge in [-0.2, -0.15) is 0 Å². The molecule has 7 nitrogen and oxygen atoms in total. The molecule has 0 aliphatic heterocycles. The average Bonchev–Trinajstić information content (AvgIpc) is 2.98. The van der Waals surface area contributed by atoms with Gasteiger partial charge in [-0.1, -0.05) is 0 Å². The van der Waals surface area contributed by atoms with Crippen molar-refractivity contribution in [2.45, 2.75) is 18.9 Å². The molecule has 1 aromatic heterocycles. The molecular weight excluding hydrogens is 324 g/mol. The molecule has 0 spiro atoms. The van der Waals surface area contributed by atoms with E-state index in [0.29, 0.717) is 18.2 Å². The number of likely N-dealkylation sites (N-methyl/N-ethyl adjacent to an activating group) is 1. The number of carboxylic acids is 2. The molecule has 0 saturated carbocycles. The molecule has 25 heavy (non-hydrogen) atoms. The standard InChI is InChI=1S/C14H18N2O.C4H4O4/c1-16(2)10-6-9-8-15-12-4-5-13(17-3)11(7-10)14(9)12;5-3(6)1-2-4(7)8/h4-5,8,10,15H,6-7H2,1-3H3;1-2H,(H,5,6)(H,7,8)/b;2-1-. The molecule has 0 bridgehead atoms. The van der Waals surface area contributed by atoms with Crippen LogP contribution in [0.3, 0.4) is 0 Å². The zero-order valence-electron chi connectivity index (χ0n) is 14.4. The van der Waals surface area contributed by atoms with Crippen molar-refractivity contribution in [3.63, 3.8) is 0 Å². The molecule has 0 fully saturated rings. The van der Waals surface area contributed by atoms with Crippen molar-refractivity contribution in [1.29, 1.82) is 0 Å². The van der Waals surface area contributed by atoms with Gasteiger partial charge >= 0.3 is 11.9 Å². The Morgan fingerprint density at radius 1 is 1.20 bits per heavy atom. The van der Waals surface area contributed by atoms with E-state index in [1.54, 1.807) is 7.11 Å². The van der Waals surface area contributed by atoms with Crippen LogP contribution in [-0.4, -0.2) is 59.3 Å². The number of methoxy groups -OCH3 is 1. The summed E-state index contributed by atoms with van der Waals surface area (Å²) < 4.78 is 5.50. The second kappa shape index (κ2) is 7.85. The lowest BCUT2D eigenvalue weighted by Gasteiger charge is -2.29. The highest BCUT2D eigenvalue weighted by Crippen LogP contribution is 2.36. The lowest BCUT2D eigenvalue weighted by atomic mass is 9.88. The lowest BCUT2D eigenvalue weighted by molar-refractivity contribution is -0.134. The highest BCUT2D eigenvalue weighted by molar-refractivity contribution is 5.90. The van der Waals surface area contributed by atoms with Crippen LogP contribution in [0.25, 0.3) is 10.9 Å². The maximum absolute atomic E-state index is 9.55. The maximum atomic E-state index is 9.55. The quantitative estimate of drug-likeness (QED) is 0.731. The van der Waals surface area contributed by atoms with Crippen LogP contribution < -0.4 is 4.74 Å². The van der Waals surface area contributed by atoms with Crippen molar-refractivity contribution in [3.05, 3.63) is 41.6 Å². The topological polar surface area (TPSA) is 103 Å². The van der Waals surface area contributed by atoms with Gasteiger partial charge in [-0.15, -0.1) is 0 Å². The Morgan fingerprint density at radius 2 is 1.84 bits per heavy atom.